The Bertz CT molecular complexity index is 143. The molecule has 5 nitrogen and oxygen atoms in total. The lowest BCUT2D eigenvalue weighted by molar-refractivity contribution is 0.159. The van der Waals surface area contributed by atoms with Crippen molar-refractivity contribution in [3.63, 3.8) is 0 Å². The summed E-state index contributed by atoms with van der Waals surface area (Å²) < 4.78 is 25.7. The Morgan fingerprint density at radius 1 is 1.15 bits per heavy atom. The summed E-state index contributed by atoms with van der Waals surface area (Å²) in [5.41, 5.74) is 0. The molecular formula is C7H13O5P. The summed E-state index contributed by atoms with van der Waals surface area (Å²) in [6, 6.07) is 0. The third-order valence-corrected chi connectivity index (χ3v) is 2.70. The van der Waals surface area contributed by atoms with Gasteiger partial charge in [0.25, 0.3) is 0 Å². The van der Waals surface area contributed by atoms with E-state index < -0.39 is 8.60 Å². The Kier molecular flexibility index (Phi) is 3.49. The van der Waals surface area contributed by atoms with Gasteiger partial charge in [-0.05, 0) is 0 Å². The number of hydrogen-bond donors (Lipinski definition) is 0. The number of rotatable bonds is 7. The van der Waals surface area contributed by atoms with E-state index in [1.165, 1.54) is 0 Å². The average Bonchev–Trinajstić information content (AvgIpc) is 3.01. The van der Waals surface area contributed by atoms with Crippen LogP contribution in [0.2, 0.25) is 0 Å². The lowest BCUT2D eigenvalue weighted by Gasteiger charge is -2.12. The van der Waals surface area contributed by atoms with Crippen LogP contribution in [0.1, 0.15) is 0 Å². The Morgan fingerprint density at radius 2 is 1.62 bits per heavy atom. The van der Waals surface area contributed by atoms with Gasteiger partial charge in [0.1, 0.15) is 12.2 Å². The van der Waals surface area contributed by atoms with Crippen LogP contribution in [0.5, 0.6) is 0 Å². The van der Waals surface area contributed by atoms with Crippen LogP contribution in [0.25, 0.3) is 0 Å². The van der Waals surface area contributed by atoms with Crippen LogP contribution in [0.4, 0.5) is 0 Å². The molecular weight excluding hydrogens is 195 g/mol. The maximum atomic E-state index is 5.33. The molecule has 2 heterocycles. The predicted octanol–water partition coefficient (Wildman–Crippen LogP) is 0.690. The van der Waals surface area contributed by atoms with E-state index in [2.05, 4.69) is 0 Å². The standard InChI is InChI=1S/C7H13O5P/c1-8-13(11-4-6-2-9-6)12-5-7-3-10-7/h6-7H,2-5H2,1H3. The third-order valence-electron chi connectivity index (χ3n) is 1.69. The zero-order valence-corrected chi connectivity index (χ0v) is 8.37. The molecule has 6 heteroatoms. The molecule has 13 heavy (non-hydrogen) atoms. The van der Waals surface area contributed by atoms with Gasteiger partial charge >= 0.3 is 8.60 Å². The van der Waals surface area contributed by atoms with Gasteiger partial charge in [-0.25, -0.2) is 0 Å². The molecule has 2 aliphatic rings. The Hall–Kier alpha value is 0.230. The van der Waals surface area contributed by atoms with Gasteiger partial charge in [0.15, 0.2) is 0 Å². The van der Waals surface area contributed by atoms with Crippen molar-refractivity contribution in [3.8, 4) is 0 Å². The molecule has 2 rings (SSSR count). The van der Waals surface area contributed by atoms with Gasteiger partial charge in [-0.2, -0.15) is 0 Å². The molecule has 0 radical (unpaired) electrons. The predicted molar refractivity (Wildman–Crippen MR) is 45.3 cm³/mol. The summed E-state index contributed by atoms with van der Waals surface area (Å²) in [6.07, 6.45) is 0.502. The second-order valence-electron chi connectivity index (χ2n) is 2.91. The molecule has 2 fully saturated rings. The highest BCUT2D eigenvalue weighted by Gasteiger charge is 2.28. The van der Waals surface area contributed by atoms with Gasteiger partial charge in [0.05, 0.1) is 26.4 Å². The van der Waals surface area contributed by atoms with Crippen molar-refractivity contribution in [3.05, 3.63) is 0 Å². The molecule has 2 aliphatic heterocycles. The summed E-state index contributed by atoms with van der Waals surface area (Å²) in [6.45, 7) is 2.70. The van der Waals surface area contributed by atoms with Gasteiger partial charge < -0.3 is 23.0 Å². The number of hydrogen-bond acceptors (Lipinski definition) is 5. The molecule has 0 amide bonds. The first-order valence-electron chi connectivity index (χ1n) is 4.22. The first-order valence-corrected chi connectivity index (χ1v) is 5.31. The topological polar surface area (TPSA) is 52.8 Å². The highest BCUT2D eigenvalue weighted by Crippen LogP contribution is 2.40. The Labute approximate surface area is 78.2 Å². The van der Waals surface area contributed by atoms with Crippen molar-refractivity contribution in [2.24, 2.45) is 0 Å². The SMILES string of the molecule is COP(OCC1CO1)OCC1CO1. The van der Waals surface area contributed by atoms with Crippen LogP contribution in [0, 0.1) is 0 Å². The van der Waals surface area contributed by atoms with Crippen LogP contribution in [0.3, 0.4) is 0 Å². The summed E-state index contributed by atoms with van der Waals surface area (Å²) in [7, 11) is 0.373. The molecule has 0 spiro atoms. The fourth-order valence-electron chi connectivity index (χ4n) is 0.759. The minimum atomic E-state index is -1.20. The van der Waals surface area contributed by atoms with Crippen molar-refractivity contribution in [1.82, 2.24) is 0 Å². The van der Waals surface area contributed by atoms with E-state index in [1.807, 2.05) is 0 Å². The Morgan fingerprint density at radius 3 is 1.92 bits per heavy atom. The van der Waals surface area contributed by atoms with E-state index >= 15 is 0 Å². The van der Waals surface area contributed by atoms with Crippen LogP contribution >= 0.6 is 8.60 Å². The molecule has 0 bridgehead atoms. The van der Waals surface area contributed by atoms with Gasteiger partial charge in [0, 0.05) is 7.11 Å². The average molecular weight is 208 g/mol. The largest absolute Gasteiger partial charge is 0.371 e. The van der Waals surface area contributed by atoms with Gasteiger partial charge in [-0.3, -0.25) is 0 Å². The van der Waals surface area contributed by atoms with Crippen LogP contribution in [-0.4, -0.2) is 45.7 Å². The molecule has 0 N–H and O–H groups in total. The molecule has 2 atom stereocenters. The monoisotopic (exact) mass is 208 g/mol. The van der Waals surface area contributed by atoms with Gasteiger partial charge in [0.2, 0.25) is 0 Å². The second kappa shape index (κ2) is 4.64. The minimum Gasteiger partial charge on any atom is -0.371 e. The van der Waals surface area contributed by atoms with Gasteiger partial charge in [-0.1, -0.05) is 0 Å². The molecule has 0 aromatic heterocycles. The molecule has 2 unspecified atom stereocenters. The maximum Gasteiger partial charge on any atom is 0.332 e. The molecule has 0 aromatic carbocycles. The zero-order chi connectivity index (χ0) is 9.10. The smallest absolute Gasteiger partial charge is 0.332 e. The molecule has 0 aromatic rings. The summed E-state index contributed by atoms with van der Waals surface area (Å²) >= 11 is 0. The van der Waals surface area contributed by atoms with Crippen molar-refractivity contribution >= 4 is 8.60 Å². The van der Waals surface area contributed by atoms with E-state index in [0.717, 1.165) is 13.2 Å². The summed E-state index contributed by atoms with van der Waals surface area (Å²) in [5, 5.41) is 0. The highest BCUT2D eigenvalue weighted by molar-refractivity contribution is 7.41. The van der Waals surface area contributed by atoms with Crippen LogP contribution < -0.4 is 0 Å². The second-order valence-corrected chi connectivity index (χ2v) is 4.24. The first-order chi connectivity index (χ1) is 6.38. The van der Waals surface area contributed by atoms with E-state index in [9.17, 15) is 0 Å². The van der Waals surface area contributed by atoms with E-state index in [-0.39, 0.29) is 12.2 Å². The maximum absolute atomic E-state index is 5.33. The number of ether oxygens (including phenoxy) is 2. The van der Waals surface area contributed by atoms with E-state index in [4.69, 9.17) is 23.0 Å². The molecule has 76 valence electrons. The molecule has 0 aliphatic carbocycles. The summed E-state index contributed by atoms with van der Waals surface area (Å²) in [4.78, 5) is 0. The first kappa shape index (κ1) is 9.77. The van der Waals surface area contributed by atoms with Crippen molar-refractivity contribution in [1.29, 1.82) is 0 Å². The fourth-order valence-corrected chi connectivity index (χ4v) is 1.62. The van der Waals surface area contributed by atoms with E-state index in [1.54, 1.807) is 7.11 Å². The van der Waals surface area contributed by atoms with Crippen LogP contribution in [-0.2, 0) is 23.0 Å². The fraction of sp³-hybridized carbons (Fsp3) is 1.00. The summed E-state index contributed by atoms with van der Waals surface area (Å²) in [5.74, 6) is 0. The van der Waals surface area contributed by atoms with Crippen molar-refractivity contribution in [2.75, 3.05) is 33.5 Å². The van der Waals surface area contributed by atoms with Crippen molar-refractivity contribution in [2.45, 2.75) is 12.2 Å². The zero-order valence-electron chi connectivity index (χ0n) is 7.47. The lowest BCUT2D eigenvalue weighted by atomic mass is 10.5. The molecule has 0 saturated carbocycles. The normalized spacial score (nSPS) is 33.0. The third kappa shape index (κ3) is 3.85. The van der Waals surface area contributed by atoms with Gasteiger partial charge in [-0.15, -0.1) is 0 Å². The minimum absolute atomic E-state index is 0.251. The lowest BCUT2D eigenvalue weighted by Crippen LogP contribution is -2.03. The van der Waals surface area contributed by atoms with Crippen LogP contribution in [0.15, 0.2) is 0 Å². The number of epoxide rings is 2. The molecule has 2 saturated heterocycles. The Balaban J connectivity index is 1.53. The van der Waals surface area contributed by atoms with Crippen molar-refractivity contribution < 1.29 is 23.0 Å². The highest BCUT2D eigenvalue weighted by atomic mass is 31.2. The quantitative estimate of drug-likeness (QED) is 0.455. The van der Waals surface area contributed by atoms with E-state index in [0.29, 0.717) is 13.2 Å².